The summed E-state index contributed by atoms with van der Waals surface area (Å²) in [7, 11) is -2.12. The molecule has 232 valence electrons. The Bertz CT molecular complexity index is 2260. The molecule has 0 spiro atoms. The van der Waals surface area contributed by atoms with Gasteiger partial charge in [0.2, 0.25) is 0 Å². The number of nitrogens with zero attached hydrogens (tertiary/aromatic N) is 4. The number of fused-ring (bicyclic) bond motifs is 4. The van der Waals surface area contributed by atoms with Gasteiger partial charge < -0.3 is 9.80 Å². The minimum atomic E-state index is -2.12. The molecule has 1 aliphatic heterocycles. The lowest BCUT2D eigenvalue weighted by atomic mass is 9.88. The molecule has 4 nitrogen and oxygen atoms in total. The van der Waals surface area contributed by atoms with Crippen molar-refractivity contribution in [1.29, 1.82) is 0 Å². The standard InChI is InChI=1S/C42H40N4Si/c1-42(2,3)30-24-25-43-41(26-30)46-37-19-10-9-18-35(37)36-23-22-34(28-40(36)46)47(4,5)33-17-13-16-32(27-33)45-29-44(31-14-7-6-8-15-31)38-20-11-12-21-39(38)45/h6-28H,29H2,1-5H3. The summed E-state index contributed by atoms with van der Waals surface area (Å²) in [5.41, 5.74) is 8.64. The molecule has 0 saturated heterocycles. The highest BCUT2D eigenvalue weighted by molar-refractivity contribution is 7.00. The van der Waals surface area contributed by atoms with E-state index in [0.717, 1.165) is 12.5 Å². The first-order valence-electron chi connectivity index (χ1n) is 16.5. The van der Waals surface area contributed by atoms with Crippen LogP contribution in [0.2, 0.25) is 13.1 Å². The van der Waals surface area contributed by atoms with E-state index in [9.17, 15) is 0 Å². The molecule has 5 aromatic carbocycles. The van der Waals surface area contributed by atoms with Gasteiger partial charge in [-0.3, -0.25) is 4.57 Å². The van der Waals surface area contributed by atoms with Crippen molar-refractivity contribution >= 4 is 63.0 Å². The molecule has 0 saturated carbocycles. The second kappa shape index (κ2) is 11.0. The van der Waals surface area contributed by atoms with Crippen LogP contribution in [0.25, 0.3) is 27.6 Å². The zero-order valence-electron chi connectivity index (χ0n) is 27.8. The van der Waals surface area contributed by atoms with E-state index in [1.165, 1.54) is 60.5 Å². The highest BCUT2D eigenvalue weighted by Gasteiger charge is 2.31. The lowest BCUT2D eigenvalue weighted by Gasteiger charge is -2.27. The highest BCUT2D eigenvalue weighted by atomic mass is 28.3. The van der Waals surface area contributed by atoms with Crippen LogP contribution in [0.3, 0.4) is 0 Å². The van der Waals surface area contributed by atoms with E-state index in [2.05, 4.69) is 182 Å². The Morgan fingerprint density at radius 1 is 0.574 bits per heavy atom. The van der Waals surface area contributed by atoms with Crippen LogP contribution < -0.4 is 20.2 Å². The number of pyridine rings is 1. The Labute approximate surface area is 278 Å². The summed E-state index contributed by atoms with van der Waals surface area (Å²) in [5, 5.41) is 5.35. The molecular formula is C42H40N4Si. The van der Waals surface area contributed by atoms with Crippen LogP contribution in [-0.2, 0) is 5.41 Å². The van der Waals surface area contributed by atoms with Gasteiger partial charge in [-0.05, 0) is 71.6 Å². The van der Waals surface area contributed by atoms with Gasteiger partial charge in [-0.15, -0.1) is 0 Å². The van der Waals surface area contributed by atoms with E-state index in [1.807, 2.05) is 6.20 Å². The molecule has 2 aromatic heterocycles. The summed E-state index contributed by atoms with van der Waals surface area (Å²) < 4.78 is 2.36. The minimum Gasteiger partial charge on any atom is -0.321 e. The van der Waals surface area contributed by atoms with E-state index < -0.39 is 8.07 Å². The molecule has 0 N–H and O–H groups in total. The number of benzene rings is 5. The summed E-state index contributed by atoms with van der Waals surface area (Å²) in [4.78, 5) is 9.77. The Hall–Kier alpha value is -5.13. The first kappa shape index (κ1) is 29.3. The first-order valence-corrected chi connectivity index (χ1v) is 19.5. The number of para-hydroxylation sites is 4. The first-order chi connectivity index (χ1) is 22.7. The fourth-order valence-corrected chi connectivity index (χ4v) is 9.46. The van der Waals surface area contributed by atoms with E-state index in [4.69, 9.17) is 4.98 Å². The van der Waals surface area contributed by atoms with Gasteiger partial charge >= 0.3 is 0 Å². The van der Waals surface area contributed by atoms with Gasteiger partial charge in [-0.1, -0.05) is 117 Å². The molecule has 5 heteroatoms. The molecule has 3 heterocycles. The van der Waals surface area contributed by atoms with Gasteiger partial charge in [0.25, 0.3) is 0 Å². The van der Waals surface area contributed by atoms with Crippen molar-refractivity contribution in [3.8, 4) is 5.82 Å². The van der Waals surface area contributed by atoms with Crippen LogP contribution in [-0.4, -0.2) is 24.3 Å². The Kier molecular flexibility index (Phi) is 6.85. The number of rotatable bonds is 5. The van der Waals surface area contributed by atoms with E-state index in [0.29, 0.717) is 0 Å². The lowest BCUT2D eigenvalue weighted by Crippen LogP contribution is -2.53. The molecule has 0 bridgehead atoms. The number of aromatic nitrogens is 2. The van der Waals surface area contributed by atoms with Crippen molar-refractivity contribution in [2.75, 3.05) is 16.5 Å². The fraction of sp³-hybridized carbons (Fsp3) is 0.167. The van der Waals surface area contributed by atoms with Gasteiger partial charge in [0.05, 0.1) is 22.4 Å². The van der Waals surface area contributed by atoms with Gasteiger partial charge in [0.1, 0.15) is 20.6 Å². The van der Waals surface area contributed by atoms with Crippen molar-refractivity contribution in [3.05, 3.63) is 145 Å². The number of anilines is 4. The van der Waals surface area contributed by atoms with E-state index in [1.54, 1.807) is 0 Å². The molecule has 1 aliphatic rings. The molecule has 7 aromatic rings. The zero-order valence-corrected chi connectivity index (χ0v) is 28.8. The second-order valence-electron chi connectivity index (χ2n) is 14.2. The molecule has 0 aliphatic carbocycles. The van der Waals surface area contributed by atoms with Crippen LogP contribution >= 0.6 is 0 Å². The van der Waals surface area contributed by atoms with Crippen LogP contribution in [0.15, 0.2) is 140 Å². The summed E-state index contributed by atoms with van der Waals surface area (Å²) in [6, 6.07) is 49.0. The van der Waals surface area contributed by atoms with Gasteiger partial charge in [-0.2, -0.15) is 0 Å². The molecule has 0 atom stereocenters. The molecule has 8 rings (SSSR count). The largest absolute Gasteiger partial charge is 0.321 e. The summed E-state index contributed by atoms with van der Waals surface area (Å²) in [6.45, 7) is 12.5. The van der Waals surface area contributed by atoms with Crippen LogP contribution in [0.1, 0.15) is 26.3 Å². The van der Waals surface area contributed by atoms with Crippen molar-refractivity contribution < 1.29 is 0 Å². The van der Waals surface area contributed by atoms with E-state index in [-0.39, 0.29) is 5.41 Å². The van der Waals surface area contributed by atoms with Gasteiger partial charge in [0, 0.05) is 28.3 Å². The fourth-order valence-electron chi connectivity index (χ4n) is 7.11. The van der Waals surface area contributed by atoms with Crippen LogP contribution in [0, 0.1) is 0 Å². The molecular weight excluding hydrogens is 589 g/mol. The summed E-state index contributed by atoms with van der Waals surface area (Å²) in [5.74, 6) is 0.970. The predicted molar refractivity (Wildman–Crippen MR) is 202 cm³/mol. The quantitative estimate of drug-likeness (QED) is 0.178. The zero-order chi connectivity index (χ0) is 32.3. The molecule has 47 heavy (non-hydrogen) atoms. The maximum atomic E-state index is 4.91. The smallest absolute Gasteiger partial charge is 0.137 e. The average Bonchev–Trinajstić information content (AvgIpc) is 3.65. The topological polar surface area (TPSA) is 24.3 Å². The molecule has 0 unspecified atom stereocenters. The second-order valence-corrected chi connectivity index (χ2v) is 18.6. The Balaban J connectivity index is 1.22. The third-order valence-electron chi connectivity index (χ3n) is 9.93. The van der Waals surface area contributed by atoms with Crippen LogP contribution in [0.5, 0.6) is 0 Å². The van der Waals surface area contributed by atoms with Crippen molar-refractivity contribution in [2.24, 2.45) is 0 Å². The maximum absolute atomic E-state index is 4.91. The third-order valence-corrected chi connectivity index (χ3v) is 13.4. The molecule has 0 amide bonds. The maximum Gasteiger partial charge on any atom is 0.137 e. The molecule has 0 fully saturated rings. The monoisotopic (exact) mass is 628 g/mol. The van der Waals surface area contributed by atoms with Gasteiger partial charge in [0.15, 0.2) is 0 Å². The average molecular weight is 629 g/mol. The Morgan fingerprint density at radius 2 is 1.21 bits per heavy atom. The van der Waals surface area contributed by atoms with Gasteiger partial charge in [-0.25, -0.2) is 4.98 Å². The van der Waals surface area contributed by atoms with E-state index >= 15 is 0 Å². The summed E-state index contributed by atoms with van der Waals surface area (Å²) >= 11 is 0. The highest BCUT2D eigenvalue weighted by Crippen LogP contribution is 2.43. The summed E-state index contributed by atoms with van der Waals surface area (Å²) in [6.07, 6.45) is 1.96. The molecule has 0 radical (unpaired) electrons. The SMILES string of the molecule is CC(C)(C)c1ccnc(-n2c3ccccc3c3ccc([Si](C)(C)c4cccc(N5CN(c6ccccc6)c6ccccc65)c4)cc32)c1. The van der Waals surface area contributed by atoms with Crippen molar-refractivity contribution in [3.63, 3.8) is 0 Å². The number of hydrogen-bond donors (Lipinski definition) is 0. The number of hydrogen-bond acceptors (Lipinski definition) is 3. The predicted octanol–water partition coefficient (Wildman–Crippen LogP) is 9.55. The van der Waals surface area contributed by atoms with Crippen LogP contribution in [0.4, 0.5) is 22.7 Å². The minimum absolute atomic E-state index is 0.0372. The third kappa shape index (κ3) is 4.93. The lowest BCUT2D eigenvalue weighted by molar-refractivity contribution is 0.588. The van der Waals surface area contributed by atoms with Crippen molar-refractivity contribution in [2.45, 2.75) is 39.3 Å². The van der Waals surface area contributed by atoms with Crippen molar-refractivity contribution in [1.82, 2.24) is 9.55 Å². The Morgan fingerprint density at radius 3 is 1.98 bits per heavy atom. The normalized spacial score (nSPS) is 13.5.